The van der Waals surface area contributed by atoms with Gasteiger partial charge < -0.3 is 14.6 Å². The SMILES string of the molecule is CN1C(=O)C(C)(C)Nc2ccc3c(c21)c(=O)oc1ccc(Cl)cc13. The molecular formula is C18H15ClN2O3. The Morgan fingerprint density at radius 2 is 1.88 bits per heavy atom. The number of rotatable bonds is 0. The van der Waals surface area contributed by atoms with Gasteiger partial charge in [-0.25, -0.2) is 4.79 Å². The van der Waals surface area contributed by atoms with Crippen molar-refractivity contribution < 1.29 is 9.21 Å². The number of carbonyl (C=O) groups is 1. The van der Waals surface area contributed by atoms with Crippen LogP contribution in [0.4, 0.5) is 11.4 Å². The lowest BCUT2D eigenvalue weighted by molar-refractivity contribution is -0.121. The highest BCUT2D eigenvalue weighted by Gasteiger charge is 2.38. The van der Waals surface area contributed by atoms with Crippen molar-refractivity contribution in [3.8, 4) is 0 Å². The molecule has 0 spiro atoms. The molecule has 122 valence electrons. The van der Waals surface area contributed by atoms with Gasteiger partial charge >= 0.3 is 5.63 Å². The summed E-state index contributed by atoms with van der Waals surface area (Å²) in [6.45, 7) is 3.61. The van der Waals surface area contributed by atoms with Crippen molar-refractivity contribution in [2.75, 3.05) is 17.3 Å². The number of fused-ring (bicyclic) bond motifs is 5. The summed E-state index contributed by atoms with van der Waals surface area (Å²) in [4.78, 5) is 26.7. The first-order valence-corrected chi connectivity index (χ1v) is 7.93. The van der Waals surface area contributed by atoms with Crippen LogP contribution >= 0.6 is 11.6 Å². The molecule has 0 bridgehead atoms. The normalized spacial score (nSPS) is 16.3. The molecule has 0 unspecified atom stereocenters. The summed E-state index contributed by atoms with van der Waals surface area (Å²) in [6.07, 6.45) is 0. The lowest BCUT2D eigenvalue weighted by Crippen LogP contribution is -2.52. The second-order valence-corrected chi connectivity index (χ2v) is 6.96. The van der Waals surface area contributed by atoms with Crippen molar-refractivity contribution in [2.24, 2.45) is 0 Å². The Kier molecular flexibility index (Phi) is 2.97. The number of likely N-dealkylation sites (N-methyl/N-ethyl adjacent to an activating group) is 1. The second kappa shape index (κ2) is 4.74. The number of nitrogens with zero attached hydrogens (tertiary/aromatic N) is 1. The monoisotopic (exact) mass is 342 g/mol. The van der Waals surface area contributed by atoms with E-state index in [0.717, 1.165) is 11.1 Å². The van der Waals surface area contributed by atoms with Gasteiger partial charge in [-0.3, -0.25) is 4.79 Å². The molecule has 1 N–H and O–H groups in total. The number of carbonyl (C=O) groups excluding carboxylic acids is 1. The summed E-state index contributed by atoms with van der Waals surface area (Å²) < 4.78 is 5.45. The molecule has 2 heterocycles. The van der Waals surface area contributed by atoms with Gasteiger partial charge in [0.2, 0.25) is 0 Å². The van der Waals surface area contributed by atoms with E-state index in [9.17, 15) is 9.59 Å². The summed E-state index contributed by atoms with van der Waals surface area (Å²) >= 11 is 6.09. The fourth-order valence-electron chi connectivity index (χ4n) is 3.34. The molecular weight excluding hydrogens is 328 g/mol. The molecule has 2 aromatic carbocycles. The van der Waals surface area contributed by atoms with Crippen LogP contribution in [0.1, 0.15) is 13.8 Å². The number of halogens is 1. The molecule has 1 amide bonds. The Balaban J connectivity index is 2.17. The van der Waals surface area contributed by atoms with Crippen molar-refractivity contribution in [1.82, 2.24) is 0 Å². The summed E-state index contributed by atoms with van der Waals surface area (Å²) in [5.74, 6) is -0.118. The minimum absolute atomic E-state index is 0.118. The highest BCUT2D eigenvalue weighted by atomic mass is 35.5. The molecule has 1 aliphatic heterocycles. The maximum atomic E-state index is 12.6. The second-order valence-electron chi connectivity index (χ2n) is 6.53. The summed E-state index contributed by atoms with van der Waals surface area (Å²) in [5, 5.41) is 5.58. The van der Waals surface area contributed by atoms with Gasteiger partial charge in [0.1, 0.15) is 11.1 Å². The average molecular weight is 343 g/mol. The molecule has 6 heteroatoms. The van der Waals surface area contributed by atoms with E-state index < -0.39 is 11.2 Å². The van der Waals surface area contributed by atoms with Gasteiger partial charge in [0, 0.05) is 22.8 Å². The van der Waals surface area contributed by atoms with Crippen LogP contribution in [0.5, 0.6) is 0 Å². The highest BCUT2D eigenvalue weighted by molar-refractivity contribution is 6.32. The third-order valence-electron chi connectivity index (χ3n) is 4.44. The van der Waals surface area contributed by atoms with Crippen molar-refractivity contribution in [3.05, 3.63) is 45.8 Å². The summed E-state index contributed by atoms with van der Waals surface area (Å²) in [6, 6.07) is 8.85. The van der Waals surface area contributed by atoms with E-state index in [-0.39, 0.29) is 5.91 Å². The van der Waals surface area contributed by atoms with Gasteiger partial charge in [0.25, 0.3) is 5.91 Å². The molecule has 4 rings (SSSR count). The quantitative estimate of drug-likeness (QED) is 0.499. The van der Waals surface area contributed by atoms with E-state index in [1.54, 1.807) is 25.2 Å². The van der Waals surface area contributed by atoms with E-state index in [4.69, 9.17) is 16.0 Å². The van der Waals surface area contributed by atoms with Crippen molar-refractivity contribution in [1.29, 1.82) is 0 Å². The fraction of sp³-hybridized carbons (Fsp3) is 0.222. The Labute approximate surface area is 142 Å². The predicted octanol–water partition coefficient (Wildman–Crippen LogP) is 3.77. The number of anilines is 2. The zero-order chi connectivity index (χ0) is 17.2. The first kappa shape index (κ1) is 15.0. The van der Waals surface area contributed by atoms with Crippen LogP contribution in [0, 0.1) is 0 Å². The molecule has 1 aromatic heterocycles. The Morgan fingerprint density at radius 1 is 1.12 bits per heavy atom. The predicted molar refractivity (Wildman–Crippen MR) is 96.1 cm³/mol. The van der Waals surface area contributed by atoms with Crippen LogP contribution in [-0.2, 0) is 4.79 Å². The standard InChI is InChI=1S/C18H15ClN2O3/c1-18(2)17(23)21(3)15-12(20-18)6-5-10-11-8-9(19)4-7-13(11)24-16(22)14(10)15/h4-8,20H,1-3H3. The molecule has 3 aromatic rings. The van der Waals surface area contributed by atoms with Gasteiger partial charge in [-0.15, -0.1) is 0 Å². The Morgan fingerprint density at radius 3 is 2.62 bits per heavy atom. The first-order chi connectivity index (χ1) is 11.3. The largest absolute Gasteiger partial charge is 0.422 e. The third kappa shape index (κ3) is 1.94. The minimum Gasteiger partial charge on any atom is -0.422 e. The van der Waals surface area contributed by atoms with Gasteiger partial charge in [-0.1, -0.05) is 17.7 Å². The van der Waals surface area contributed by atoms with Crippen LogP contribution in [0.25, 0.3) is 21.7 Å². The van der Waals surface area contributed by atoms with Crippen LogP contribution in [0.15, 0.2) is 39.5 Å². The minimum atomic E-state index is -0.740. The molecule has 5 nitrogen and oxygen atoms in total. The van der Waals surface area contributed by atoms with E-state index in [0.29, 0.717) is 27.1 Å². The average Bonchev–Trinajstić information content (AvgIpc) is 2.52. The molecule has 0 aliphatic carbocycles. The lowest BCUT2D eigenvalue weighted by Gasteiger charge is -2.38. The van der Waals surface area contributed by atoms with Gasteiger partial charge in [-0.2, -0.15) is 0 Å². The lowest BCUT2D eigenvalue weighted by atomic mass is 9.96. The number of hydrogen-bond donors (Lipinski definition) is 1. The van der Waals surface area contributed by atoms with Crippen molar-refractivity contribution in [3.63, 3.8) is 0 Å². The molecule has 0 radical (unpaired) electrons. The van der Waals surface area contributed by atoms with E-state index in [1.165, 1.54) is 4.90 Å². The zero-order valence-corrected chi connectivity index (χ0v) is 14.2. The number of nitrogens with one attached hydrogen (secondary N) is 1. The molecule has 0 saturated heterocycles. The van der Waals surface area contributed by atoms with E-state index in [1.807, 2.05) is 26.0 Å². The zero-order valence-electron chi connectivity index (χ0n) is 13.4. The van der Waals surface area contributed by atoms with Gasteiger partial charge in [0.05, 0.1) is 16.8 Å². The first-order valence-electron chi connectivity index (χ1n) is 7.55. The Hall–Kier alpha value is -2.53. The maximum Gasteiger partial charge on any atom is 0.346 e. The van der Waals surface area contributed by atoms with E-state index >= 15 is 0 Å². The Bertz CT molecular complexity index is 1080. The van der Waals surface area contributed by atoms with Crippen LogP contribution in [0.2, 0.25) is 5.02 Å². The molecule has 0 fully saturated rings. The maximum absolute atomic E-state index is 12.6. The number of amides is 1. The molecule has 24 heavy (non-hydrogen) atoms. The summed E-state index contributed by atoms with van der Waals surface area (Å²) in [5.41, 5.74) is 0.513. The highest BCUT2D eigenvalue weighted by Crippen LogP contribution is 2.40. The van der Waals surface area contributed by atoms with Gasteiger partial charge in [0.15, 0.2) is 0 Å². The summed E-state index contributed by atoms with van der Waals surface area (Å²) in [7, 11) is 1.67. The third-order valence-corrected chi connectivity index (χ3v) is 4.67. The van der Waals surface area contributed by atoms with Crippen molar-refractivity contribution in [2.45, 2.75) is 19.4 Å². The van der Waals surface area contributed by atoms with Crippen LogP contribution < -0.4 is 15.8 Å². The molecule has 1 aliphatic rings. The number of hydrogen-bond acceptors (Lipinski definition) is 4. The van der Waals surface area contributed by atoms with Crippen LogP contribution in [0.3, 0.4) is 0 Å². The molecule has 0 atom stereocenters. The van der Waals surface area contributed by atoms with E-state index in [2.05, 4.69) is 5.32 Å². The smallest absolute Gasteiger partial charge is 0.346 e. The fourth-order valence-corrected chi connectivity index (χ4v) is 3.51. The van der Waals surface area contributed by atoms with Crippen molar-refractivity contribution >= 4 is 50.6 Å². The van der Waals surface area contributed by atoms with Crippen LogP contribution in [-0.4, -0.2) is 18.5 Å². The topological polar surface area (TPSA) is 62.6 Å². The van der Waals surface area contributed by atoms with Gasteiger partial charge in [-0.05, 0) is 38.1 Å². The molecule has 0 saturated carbocycles. The number of benzene rings is 2.